The number of carbonyl (C=O) groups is 1. The van der Waals surface area contributed by atoms with Gasteiger partial charge in [-0.3, -0.25) is 10.2 Å². The van der Waals surface area contributed by atoms with Gasteiger partial charge in [0.1, 0.15) is 0 Å². The minimum atomic E-state index is -0.614. The standard InChI is InChI=1S/C13H20N2O3/c1-4-9-6-7-11(12(8-9)17-3)18-10(5-2)13(16)15-14/h6-8,10H,4-5,14H2,1-3H3,(H,15,16). The molecule has 3 N–H and O–H groups in total. The van der Waals surface area contributed by atoms with Crippen molar-refractivity contribution in [2.45, 2.75) is 32.8 Å². The third-order valence-corrected chi connectivity index (χ3v) is 2.71. The maximum atomic E-state index is 11.5. The molecule has 0 aliphatic heterocycles. The molecule has 0 aliphatic carbocycles. The predicted octanol–water partition coefficient (Wildman–Crippen LogP) is 1.40. The van der Waals surface area contributed by atoms with Crippen LogP contribution in [0.5, 0.6) is 11.5 Å². The molecule has 1 aromatic carbocycles. The van der Waals surface area contributed by atoms with Crippen LogP contribution in [0.15, 0.2) is 18.2 Å². The second kappa shape index (κ2) is 6.86. The Morgan fingerprint density at radius 1 is 1.39 bits per heavy atom. The molecule has 0 aliphatic rings. The quantitative estimate of drug-likeness (QED) is 0.456. The normalized spacial score (nSPS) is 11.8. The summed E-state index contributed by atoms with van der Waals surface area (Å²) in [5, 5.41) is 0. The molecule has 0 saturated carbocycles. The van der Waals surface area contributed by atoms with Gasteiger partial charge < -0.3 is 9.47 Å². The summed E-state index contributed by atoms with van der Waals surface area (Å²) in [6, 6.07) is 5.66. The first-order valence-corrected chi connectivity index (χ1v) is 6.00. The van der Waals surface area contributed by atoms with Crippen LogP contribution < -0.4 is 20.7 Å². The minimum Gasteiger partial charge on any atom is -0.493 e. The lowest BCUT2D eigenvalue weighted by Crippen LogP contribution is -2.41. The van der Waals surface area contributed by atoms with E-state index in [1.54, 1.807) is 7.11 Å². The maximum Gasteiger partial charge on any atom is 0.274 e. The summed E-state index contributed by atoms with van der Waals surface area (Å²) in [6.45, 7) is 3.92. The number of nitrogens with one attached hydrogen (secondary N) is 1. The average Bonchev–Trinajstić information content (AvgIpc) is 2.43. The Balaban J connectivity index is 2.91. The van der Waals surface area contributed by atoms with Gasteiger partial charge in [0.05, 0.1) is 7.11 Å². The van der Waals surface area contributed by atoms with Gasteiger partial charge in [-0.15, -0.1) is 0 Å². The van der Waals surface area contributed by atoms with Crippen molar-refractivity contribution in [1.82, 2.24) is 5.43 Å². The third kappa shape index (κ3) is 3.37. The van der Waals surface area contributed by atoms with E-state index in [-0.39, 0.29) is 5.91 Å². The fourth-order valence-corrected chi connectivity index (χ4v) is 1.60. The topological polar surface area (TPSA) is 73.6 Å². The molecule has 0 bridgehead atoms. The first-order chi connectivity index (χ1) is 8.65. The van der Waals surface area contributed by atoms with E-state index in [0.717, 1.165) is 12.0 Å². The molecule has 1 unspecified atom stereocenters. The Labute approximate surface area is 107 Å². The van der Waals surface area contributed by atoms with Crippen molar-refractivity contribution in [1.29, 1.82) is 0 Å². The van der Waals surface area contributed by atoms with E-state index in [1.807, 2.05) is 25.1 Å². The second-order valence-electron chi connectivity index (χ2n) is 3.86. The highest BCUT2D eigenvalue weighted by atomic mass is 16.5. The van der Waals surface area contributed by atoms with E-state index in [4.69, 9.17) is 15.3 Å². The summed E-state index contributed by atoms with van der Waals surface area (Å²) in [4.78, 5) is 11.5. The van der Waals surface area contributed by atoms with Crippen molar-refractivity contribution in [2.24, 2.45) is 5.84 Å². The molecular weight excluding hydrogens is 232 g/mol. The Morgan fingerprint density at radius 2 is 2.11 bits per heavy atom. The summed E-state index contributed by atoms with van der Waals surface area (Å²) in [5.74, 6) is 5.93. The van der Waals surface area contributed by atoms with Gasteiger partial charge in [-0.2, -0.15) is 0 Å². The highest BCUT2D eigenvalue weighted by Crippen LogP contribution is 2.29. The number of methoxy groups -OCH3 is 1. The van der Waals surface area contributed by atoms with Crippen molar-refractivity contribution >= 4 is 5.91 Å². The van der Waals surface area contributed by atoms with Crippen LogP contribution in [0.2, 0.25) is 0 Å². The Hall–Kier alpha value is -1.75. The summed E-state index contributed by atoms with van der Waals surface area (Å²) >= 11 is 0. The molecule has 5 heteroatoms. The van der Waals surface area contributed by atoms with Crippen LogP contribution in [0.4, 0.5) is 0 Å². The van der Waals surface area contributed by atoms with Gasteiger partial charge in [-0.1, -0.05) is 19.9 Å². The number of carbonyl (C=O) groups excluding carboxylic acids is 1. The number of ether oxygens (including phenoxy) is 2. The number of hydrogen-bond donors (Lipinski definition) is 2. The van der Waals surface area contributed by atoms with Crippen LogP contribution in [0.1, 0.15) is 25.8 Å². The fraction of sp³-hybridized carbons (Fsp3) is 0.462. The molecular formula is C13H20N2O3. The molecule has 0 saturated heterocycles. The first-order valence-electron chi connectivity index (χ1n) is 6.00. The highest BCUT2D eigenvalue weighted by molar-refractivity contribution is 5.80. The largest absolute Gasteiger partial charge is 0.493 e. The summed E-state index contributed by atoms with van der Waals surface area (Å²) < 4.78 is 10.9. The van der Waals surface area contributed by atoms with Gasteiger partial charge in [0.25, 0.3) is 5.91 Å². The summed E-state index contributed by atoms with van der Waals surface area (Å²) in [6.07, 6.45) is 0.829. The van der Waals surface area contributed by atoms with E-state index in [1.165, 1.54) is 0 Å². The lowest BCUT2D eigenvalue weighted by atomic mass is 10.1. The van der Waals surface area contributed by atoms with Crippen molar-refractivity contribution in [3.05, 3.63) is 23.8 Å². The van der Waals surface area contributed by atoms with Gasteiger partial charge in [0.15, 0.2) is 17.6 Å². The van der Waals surface area contributed by atoms with Crippen molar-refractivity contribution in [2.75, 3.05) is 7.11 Å². The molecule has 1 aromatic rings. The SMILES string of the molecule is CCc1ccc(OC(CC)C(=O)NN)c(OC)c1. The van der Waals surface area contributed by atoms with Crippen LogP contribution in [0, 0.1) is 0 Å². The zero-order valence-corrected chi connectivity index (χ0v) is 11.0. The number of rotatable bonds is 6. The highest BCUT2D eigenvalue weighted by Gasteiger charge is 2.19. The average molecular weight is 252 g/mol. The van der Waals surface area contributed by atoms with Crippen LogP contribution in [-0.2, 0) is 11.2 Å². The molecule has 0 spiro atoms. The Bertz CT molecular complexity index is 407. The number of benzene rings is 1. The van der Waals surface area contributed by atoms with Crippen LogP contribution in [0.3, 0.4) is 0 Å². The molecule has 5 nitrogen and oxygen atoms in total. The minimum absolute atomic E-state index is 0.348. The molecule has 18 heavy (non-hydrogen) atoms. The van der Waals surface area contributed by atoms with Crippen molar-refractivity contribution < 1.29 is 14.3 Å². The van der Waals surface area contributed by atoms with Crippen molar-refractivity contribution in [3.8, 4) is 11.5 Å². The fourth-order valence-electron chi connectivity index (χ4n) is 1.60. The number of hydrogen-bond acceptors (Lipinski definition) is 4. The van der Waals surface area contributed by atoms with Crippen LogP contribution >= 0.6 is 0 Å². The smallest absolute Gasteiger partial charge is 0.274 e. The lowest BCUT2D eigenvalue weighted by molar-refractivity contribution is -0.128. The molecule has 1 amide bonds. The summed E-state index contributed by atoms with van der Waals surface area (Å²) in [5.41, 5.74) is 3.24. The Kier molecular flexibility index (Phi) is 5.45. The van der Waals surface area contributed by atoms with E-state index in [0.29, 0.717) is 17.9 Å². The molecule has 100 valence electrons. The molecule has 0 aromatic heterocycles. The molecule has 1 rings (SSSR count). The van der Waals surface area contributed by atoms with E-state index in [9.17, 15) is 4.79 Å². The summed E-state index contributed by atoms with van der Waals surface area (Å²) in [7, 11) is 1.57. The molecule has 0 radical (unpaired) electrons. The van der Waals surface area contributed by atoms with Gasteiger partial charge >= 0.3 is 0 Å². The second-order valence-corrected chi connectivity index (χ2v) is 3.86. The first kappa shape index (κ1) is 14.3. The van der Waals surface area contributed by atoms with E-state index >= 15 is 0 Å². The molecule has 1 atom stereocenters. The monoisotopic (exact) mass is 252 g/mol. The van der Waals surface area contributed by atoms with Gasteiger partial charge in [-0.25, -0.2) is 5.84 Å². The van der Waals surface area contributed by atoms with Crippen molar-refractivity contribution in [3.63, 3.8) is 0 Å². The Morgan fingerprint density at radius 3 is 2.61 bits per heavy atom. The number of aryl methyl sites for hydroxylation is 1. The molecule has 0 heterocycles. The lowest BCUT2D eigenvalue weighted by Gasteiger charge is -2.18. The van der Waals surface area contributed by atoms with E-state index < -0.39 is 6.10 Å². The predicted molar refractivity (Wildman–Crippen MR) is 69.4 cm³/mol. The van der Waals surface area contributed by atoms with Gasteiger partial charge in [0, 0.05) is 0 Å². The van der Waals surface area contributed by atoms with Crippen LogP contribution in [0.25, 0.3) is 0 Å². The maximum absolute atomic E-state index is 11.5. The zero-order chi connectivity index (χ0) is 13.5. The zero-order valence-electron chi connectivity index (χ0n) is 11.0. The van der Waals surface area contributed by atoms with Gasteiger partial charge in [0.2, 0.25) is 0 Å². The number of hydrazine groups is 1. The van der Waals surface area contributed by atoms with Crippen LogP contribution in [-0.4, -0.2) is 19.1 Å². The molecule has 0 fully saturated rings. The number of amides is 1. The van der Waals surface area contributed by atoms with Gasteiger partial charge in [-0.05, 0) is 30.5 Å². The van der Waals surface area contributed by atoms with E-state index in [2.05, 4.69) is 12.3 Å². The number of nitrogens with two attached hydrogens (primary N) is 1. The third-order valence-electron chi connectivity index (χ3n) is 2.71.